The van der Waals surface area contributed by atoms with Gasteiger partial charge in [-0.25, -0.2) is 0 Å². The first-order valence-electron chi connectivity index (χ1n) is 5.17. The molecule has 0 aromatic rings. The van der Waals surface area contributed by atoms with Crippen LogP contribution in [0, 0.1) is 0 Å². The molecule has 1 rings (SSSR count). The number of rotatable bonds is 3. The molecule has 2 unspecified atom stereocenters. The lowest BCUT2D eigenvalue weighted by atomic mass is 10.1. The lowest BCUT2D eigenvalue weighted by molar-refractivity contribution is -0.157. The van der Waals surface area contributed by atoms with E-state index >= 15 is 0 Å². The molecule has 1 saturated heterocycles. The highest BCUT2D eigenvalue weighted by atomic mass is 16.3. The van der Waals surface area contributed by atoms with E-state index in [0.29, 0.717) is 19.5 Å². The largest absolute Gasteiger partial charge is 0.393 e. The van der Waals surface area contributed by atoms with Crippen molar-refractivity contribution in [3.63, 3.8) is 0 Å². The van der Waals surface area contributed by atoms with Crippen molar-refractivity contribution in [3.8, 4) is 0 Å². The smallest absolute Gasteiger partial charge is 0.312 e. The molecule has 5 nitrogen and oxygen atoms in total. The number of likely N-dealkylation sites (N-methyl/N-ethyl adjacent to an activating group) is 1. The minimum atomic E-state index is -0.461. The topological polar surface area (TPSA) is 60.9 Å². The first-order chi connectivity index (χ1) is 6.93. The standard InChI is InChI=1S/C10H18N2O3/c1-7-6-11(3)9(14)10(15)12(7)5-4-8(2)13/h7-8,13H,4-6H2,1-3H3. The zero-order chi connectivity index (χ0) is 11.6. The van der Waals surface area contributed by atoms with Crippen molar-refractivity contribution in [2.45, 2.75) is 32.4 Å². The maximum Gasteiger partial charge on any atom is 0.312 e. The summed E-state index contributed by atoms with van der Waals surface area (Å²) in [6, 6.07) is 0.0268. The zero-order valence-electron chi connectivity index (χ0n) is 9.43. The Bertz CT molecular complexity index is 265. The van der Waals surface area contributed by atoms with Crippen LogP contribution in [0.5, 0.6) is 0 Å². The van der Waals surface area contributed by atoms with Crippen LogP contribution in [0.3, 0.4) is 0 Å². The first kappa shape index (κ1) is 12.0. The molecule has 0 spiro atoms. The Morgan fingerprint density at radius 1 is 1.47 bits per heavy atom. The predicted octanol–water partition coefficient (Wildman–Crippen LogP) is -0.554. The molecule has 0 aromatic carbocycles. The van der Waals surface area contributed by atoms with Crippen molar-refractivity contribution in [2.24, 2.45) is 0 Å². The monoisotopic (exact) mass is 214 g/mol. The Balaban J connectivity index is 2.62. The second-order valence-corrected chi connectivity index (χ2v) is 4.17. The number of aliphatic hydroxyl groups is 1. The van der Waals surface area contributed by atoms with E-state index in [1.54, 1.807) is 14.0 Å². The maximum absolute atomic E-state index is 11.6. The van der Waals surface area contributed by atoms with Crippen LogP contribution in [0.25, 0.3) is 0 Å². The van der Waals surface area contributed by atoms with E-state index in [0.717, 1.165) is 0 Å². The quantitative estimate of drug-likeness (QED) is 0.641. The van der Waals surface area contributed by atoms with Gasteiger partial charge in [-0.3, -0.25) is 9.59 Å². The molecule has 0 aliphatic carbocycles. The van der Waals surface area contributed by atoms with Crippen molar-refractivity contribution in [1.82, 2.24) is 9.80 Å². The number of aliphatic hydroxyl groups excluding tert-OH is 1. The lowest BCUT2D eigenvalue weighted by Gasteiger charge is -2.37. The second kappa shape index (κ2) is 4.61. The SMILES string of the molecule is CC(O)CCN1C(=O)C(=O)N(C)CC1C. The molecule has 1 aliphatic rings. The summed E-state index contributed by atoms with van der Waals surface area (Å²) in [5.41, 5.74) is 0. The van der Waals surface area contributed by atoms with Crippen LogP contribution in [0.15, 0.2) is 0 Å². The van der Waals surface area contributed by atoms with Crippen molar-refractivity contribution >= 4 is 11.8 Å². The average molecular weight is 214 g/mol. The molecular weight excluding hydrogens is 196 g/mol. The predicted molar refractivity (Wildman–Crippen MR) is 55.1 cm³/mol. The zero-order valence-corrected chi connectivity index (χ0v) is 9.43. The number of piperazine rings is 1. The molecule has 2 atom stereocenters. The van der Waals surface area contributed by atoms with Gasteiger partial charge in [0.15, 0.2) is 0 Å². The summed E-state index contributed by atoms with van der Waals surface area (Å²) in [5, 5.41) is 9.14. The second-order valence-electron chi connectivity index (χ2n) is 4.17. The Labute approximate surface area is 89.7 Å². The number of hydrogen-bond donors (Lipinski definition) is 1. The Morgan fingerprint density at radius 3 is 2.60 bits per heavy atom. The number of carbonyl (C=O) groups is 2. The van der Waals surface area contributed by atoms with Gasteiger partial charge in [0.25, 0.3) is 0 Å². The minimum absolute atomic E-state index is 0.0268. The van der Waals surface area contributed by atoms with Crippen LogP contribution in [0.1, 0.15) is 20.3 Å². The van der Waals surface area contributed by atoms with E-state index in [1.807, 2.05) is 6.92 Å². The summed E-state index contributed by atoms with van der Waals surface area (Å²) in [6.07, 6.45) is 0.0623. The lowest BCUT2D eigenvalue weighted by Crippen LogP contribution is -2.57. The van der Waals surface area contributed by atoms with Crippen LogP contribution in [-0.2, 0) is 9.59 Å². The molecule has 0 aromatic heterocycles. The van der Waals surface area contributed by atoms with Gasteiger partial charge in [-0.15, -0.1) is 0 Å². The Kier molecular flexibility index (Phi) is 3.68. The summed E-state index contributed by atoms with van der Waals surface area (Å²) in [4.78, 5) is 26.0. The number of nitrogens with zero attached hydrogens (tertiary/aromatic N) is 2. The van der Waals surface area contributed by atoms with Gasteiger partial charge in [0.1, 0.15) is 0 Å². The average Bonchev–Trinajstić information content (AvgIpc) is 2.14. The van der Waals surface area contributed by atoms with E-state index in [-0.39, 0.29) is 6.04 Å². The molecular formula is C10H18N2O3. The van der Waals surface area contributed by atoms with Gasteiger partial charge in [0, 0.05) is 26.2 Å². The third kappa shape index (κ3) is 2.68. The van der Waals surface area contributed by atoms with E-state index < -0.39 is 17.9 Å². The Hall–Kier alpha value is -1.10. The fourth-order valence-electron chi connectivity index (χ4n) is 1.71. The van der Waals surface area contributed by atoms with Crippen LogP contribution >= 0.6 is 0 Å². The fraction of sp³-hybridized carbons (Fsp3) is 0.800. The van der Waals surface area contributed by atoms with Crippen molar-refractivity contribution in [2.75, 3.05) is 20.1 Å². The summed E-state index contributed by atoms with van der Waals surface area (Å²) in [7, 11) is 1.63. The highest BCUT2D eigenvalue weighted by molar-refractivity contribution is 6.35. The molecule has 86 valence electrons. The number of hydrogen-bond acceptors (Lipinski definition) is 3. The molecule has 15 heavy (non-hydrogen) atoms. The summed E-state index contributed by atoms with van der Waals surface area (Å²) >= 11 is 0. The van der Waals surface area contributed by atoms with E-state index in [2.05, 4.69) is 0 Å². The fourth-order valence-corrected chi connectivity index (χ4v) is 1.71. The van der Waals surface area contributed by atoms with E-state index in [4.69, 9.17) is 5.11 Å². The first-order valence-corrected chi connectivity index (χ1v) is 5.17. The van der Waals surface area contributed by atoms with E-state index in [9.17, 15) is 9.59 Å². The number of carbonyl (C=O) groups excluding carboxylic acids is 2. The van der Waals surface area contributed by atoms with Gasteiger partial charge >= 0.3 is 11.8 Å². The molecule has 1 fully saturated rings. The number of amides is 2. The molecule has 0 saturated carbocycles. The van der Waals surface area contributed by atoms with Crippen molar-refractivity contribution in [3.05, 3.63) is 0 Å². The normalized spacial score (nSPS) is 24.7. The van der Waals surface area contributed by atoms with Gasteiger partial charge < -0.3 is 14.9 Å². The Morgan fingerprint density at radius 2 is 2.07 bits per heavy atom. The molecule has 0 radical (unpaired) electrons. The van der Waals surface area contributed by atoms with Gasteiger partial charge in [0.2, 0.25) is 0 Å². The van der Waals surface area contributed by atoms with Gasteiger partial charge in [-0.2, -0.15) is 0 Å². The minimum Gasteiger partial charge on any atom is -0.393 e. The molecule has 1 N–H and O–H groups in total. The molecule has 0 bridgehead atoms. The third-order valence-corrected chi connectivity index (χ3v) is 2.65. The third-order valence-electron chi connectivity index (χ3n) is 2.65. The van der Waals surface area contributed by atoms with Gasteiger partial charge in [-0.1, -0.05) is 0 Å². The van der Waals surface area contributed by atoms with Gasteiger partial charge in [-0.05, 0) is 20.3 Å². The highest BCUT2D eigenvalue weighted by Crippen LogP contribution is 2.11. The summed E-state index contributed by atoms with van der Waals surface area (Å²) < 4.78 is 0. The highest BCUT2D eigenvalue weighted by Gasteiger charge is 2.34. The van der Waals surface area contributed by atoms with Gasteiger partial charge in [0.05, 0.1) is 6.10 Å². The summed E-state index contributed by atoms with van der Waals surface area (Å²) in [6.45, 7) is 4.58. The van der Waals surface area contributed by atoms with E-state index in [1.165, 1.54) is 9.80 Å². The van der Waals surface area contributed by atoms with Crippen molar-refractivity contribution < 1.29 is 14.7 Å². The van der Waals surface area contributed by atoms with Crippen LogP contribution < -0.4 is 0 Å². The van der Waals surface area contributed by atoms with Crippen LogP contribution in [0.4, 0.5) is 0 Å². The molecule has 5 heteroatoms. The van der Waals surface area contributed by atoms with Crippen LogP contribution in [-0.4, -0.2) is 59.0 Å². The van der Waals surface area contributed by atoms with Crippen molar-refractivity contribution in [1.29, 1.82) is 0 Å². The molecule has 1 heterocycles. The summed E-state index contributed by atoms with van der Waals surface area (Å²) in [5.74, 6) is -0.921. The maximum atomic E-state index is 11.6. The molecule has 2 amide bonds. The van der Waals surface area contributed by atoms with Crippen LogP contribution in [0.2, 0.25) is 0 Å². The molecule has 1 aliphatic heterocycles.